The van der Waals surface area contributed by atoms with Gasteiger partial charge in [-0.25, -0.2) is 0 Å². The second-order valence-corrected chi connectivity index (χ2v) is 8.42. The van der Waals surface area contributed by atoms with Gasteiger partial charge in [0.2, 0.25) is 0 Å². The molecule has 0 aliphatic rings. The summed E-state index contributed by atoms with van der Waals surface area (Å²) in [5.41, 5.74) is 4.53. The highest BCUT2D eigenvalue weighted by molar-refractivity contribution is 5.87. The van der Waals surface area contributed by atoms with Crippen molar-refractivity contribution in [1.82, 2.24) is 4.90 Å². The summed E-state index contributed by atoms with van der Waals surface area (Å²) >= 11 is 0. The first-order valence-electron chi connectivity index (χ1n) is 11.8. The lowest BCUT2D eigenvalue weighted by atomic mass is 10.1. The zero-order valence-corrected chi connectivity index (χ0v) is 21.0. The third-order valence-electron chi connectivity index (χ3n) is 5.37. The lowest BCUT2D eigenvalue weighted by Crippen LogP contribution is -2.28. The minimum absolute atomic E-state index is 0.592. The molecule has 0 unspecified atom stereocenters. The summed E-state index contributed by atoms with van der Waals surface area (Å²) in [6, 6.07) is 14.5. The zero-order valence-electron chi connectivity index (χ0n) is 21.0. The number of hydrogen-bond donors (Lipinski definition) is 0. The van der Waals surface area contributed by atoms with Gasteiger partial charge >= 0.3 is 0 Å². The summed E-state index contributed by atoms with van der Waals surface area (Å²) in [5, 5.41) is 4.24. The highest BCUT2D eigenvalue weighted by Gasteiger charge is 2.09. The molecule has 0 aliphatic heterocycles. The zero-order chi connectivity index (χ0) is 23.9. The van der Waals surface area contributed by atoms with E-state index in [-0.39, 0.29) is 0 Å². The summed E-state index contributed by atoms with van der Waals surface area (Å²) in [6.45, 7) is 9.30. The van der Waals surface area contributed by atoms with Crippen LogP contribution in [-0.4, -0.2) is 51.1 Å². The molecule has 0 radical (unpaired) electrons. The fraction of sp³-hybridized carbons (Fsp3) is 0.464. The average Bonchev–Trinajstić information content (AvgIpc) is 2.78. The smallest absolute Gasteiger partial charge is 0.125 e. The first-order valence-corrected chi connectivity index (χ1v) is 11.8. The van der Waals surface area contributed by atoms with Crippen molar-refractivity contribution >= 4 is 5.71 Å². The lowest BCUT2D eigenvalue weighted by Gasteiger charge is -2.18. The van der Waals surface area contributed by atoms with Gasteiger partial charge in [0, 0.05) is 13.0 Å². The van der Waals surface area contributed by atoms with E-state index in [0.29, 0.717) is 6.61 Å². The Balaban J connectivity index is 1.69. The van der Waals surface area contributed by atoms with E-state index in [1.165, 1.54) is 5.56 Å². The van der Waals surface area contributed by atoms with Gasteiger partial charge in [-0.2, -0.15) is 0 Å². The molecule has 0 spiro atoms. The van der Waals surface area contributed by atoms with E-state index in [4.69, 9.17) is 14.3 Å². The molecule has 0 saturated carbocycles. The molecule has 180 valence electrons. The maximum absolute atomic E-state index is 6.10. The first-order chi connectivity index (χ1) is 16.0. The summed E-state index contributed by atoms with van der Waals surface area (Å²) in [5.74, 6) is 1.87. The number of rotatable bonds is 15. The summed E-state index contributed by atoms with van der Waals surface area (Å²) < 4.78 is 11.9. The van der Waals surface area contributed by atoms with E-state index < -0.39 is 0 Å². The van der Waals surface area contributed by atoms with Gasteiger partial charge in [-0.15, -0.1) is 0 Å². The van der Waals surface area contributed by atoms with Crippen molar-refractivity contribution in [3.05, 3.63) is 71.3 Å². The van der Waals surface area contributed by atoms with Crippen LogP contribution in [0.15, 0.2) is 59.8 Å². The molecule has 2 rings (SSSR count). The summed E-state index contributed by atoms with van der Waals surface area (Å²) in [4.78, 5) is 7.37. The number of benzene rings is 2. The van der Waals surface area contributed by atoms with Crippen molar-refractivity contribution in [2.75, 3.05) is 40.5 Å². The van der Waals surface area contributed by atoms with Crippen molar-refractivity contribution in [2.45, 2.75) is 46.5 Å². The monoisotopic (exact) mass is 452 g/mol. The van der Waals surface area contributed by atoms with Crippen LogP contribution in [0, 0.1) is 13.8 Å². The van der Waals surface area contributed by atoms with E-state index in [1.807, 2.05) is 25.1 Å². The van der Waals surface area contributed by atoms with Gasteiger partial charge in [0.1, 0.15) is 25.2 Å². The molecule has 33 heavy (non-hydrogen) atoms. The van der Waals surface area contributed by atoms with Gasteiger partial charge in [-0.1, -0.05) is 47.6 Å². The van der Waals surface area contributed by atoms with Crippen LogP contribution >= 0.6 is 0 Å². The fourth-order valence-corrected chi connectivity index (χ4v) is 3.77. The normalized spacial score (nSPS) is 11.9. The van der Waals surface area contributed by atoms with Crippen LogP contribution in [0.3, 0.4) is 0 Å². The Bertz CT molecular complexity index is 855. The van der Waals surface area contributed by atoms with Crippen LogP contribution in [0.25, 0.3) is 0 Å². The SMILES string of the molecule is C/C=C/COc1cc(C)c(OCCCCCN(C)CC(Cc2ccccc2)=NOC)c(C)c1. The topological polar surface area (TPSA) is 43.3 Å². The van der Waals surface area contributed by atoms with Gasteiger partial charge in [0.25, 0.3) is 0 Å². The molecule has 5 nitrogen and oxygen atoms in total. The average molecular weight is 453 g/mol. The quantitative estimate of drug-likeness (QED) is 0.144. The lowest BCUT2D eigenvalue weighted by molar-refractivity contribution is 0.210. The Morgan fingerprint density at radius 1 is 1.00 bits per heavy atom. The van der Waals surface area contributed by atoms with Gasteiger partial charge in [0.05, 0.1) is 12.3 Å². The third kappa shape index (κ3) is 10.1. The second kappa shape index (κ2) is 15.1. The Morgan fingerprint density at radius 2 is 1.73 bits per heavy atom. The molecular weight excluding hydrogens is 412 g/mol. The molecule has 0 amide bonds. The molecule has 0 aromatic heterocycles. The summed E-state index contributed by atoms with van der Waals surface area (Å²) in [7, 11) is 3.75. The van der Waals surface area contributed by atoms with E-state index in [2.05, 4.69) is 67.3 Å². The van der Waals surface area contributed by atoms with Gasteiger partial charge in [-0.3, -0.25) is 0 Å². The maximum Gasteiger partial charge on any atom is 0.125 e. The summed E-state index contributed by atoms with van der Waals surface area (Å²) in [6.07, 6.45) is 8.09. The number of nitrogens with zero attached hydrogens (tertiary/aromatic N) is 2. The Hall–Kier alpha value is -2.79. The van der Waals surface area contributed by atoms with Crippen LogP contribution in [0.4, 0.5) is 0 Å². The second-order valence-electron chi connectivity index (χ2n) is 8.42. The number of allylic oxidation sites excluding steroid dienone is 1. The molecular formula is C28H40N2O3. The first kappa shape index (κ1) is 26.5. The number of aryl methyl sites for hydroxylation is 2. The van der Waals surface area contributed by atoms with Crippen molar-refractivity contribution in [3.8, 4) is 11.5 Å². The third-order valence-corrected chi connectivity index (χ3v) is 5.37. The largest absolute Gasteiger partial charge is 0.493 e. The van der Waals surface area contributed by atoms with Gasteiger partial charge < -0.3 is 19.2 Å². The molecule has 2 aromatic carbocycles. The highest BCUT2D eigenvalue weighted by Crippen LogP contribution is 2.28. The van der Waals surface area contributed by atoms with E-state index in [1.54, 1.807) is 7.11 Å². The van der Waals surface area contributed by atoms with Crippen molar-refractivity contribution in [1.29, 1.82) is 0 Å². The minimum atomic E-state index is 0.592. The molecule has 0 bridgehead atoms. The van der Waals surface area contributed by atoms with Crippen LogP contribution < -0.4 is 9.47 Å². The molecule has 0 heterocycles. The van der Waals surface area contributed by atoms with Crippen molar-refractivity contribution in [3.63, 3.8) is 0 Å². The number of hydrogen-bond acceptors (Lipinski definition) is 5. The van der Waals surface area contributed by atoms with E-state index >= 15 is 0 Å². The predicted molar refractivity (Wildman–Crippen MR) is 138 cm³/mol. The van der Waals surface area contributed by atoms with Crippen LogP contribution in [0.2, 0.25) is 0 Å². The highest BCUT2D eigenvalue weighted by atomic mass is 16.6. The van der Waals surface area contributed by atoms with Crippen molar-refractivity contribution < 1.29 is 14.3 Å². The number of oxime groups is 1. The molecule has 0 fully saturated rings. The number of ether oxygens (including phenoxy) is 2. The molecule has 2 aromatic rings. The molecule has 0 atom stereocenters. The fourth-order valence-electron chi connectivity index (χ4n) is 3.77. The maximum atomic E-state index is 6.10. The van der Waals surface area contributed by atoms with Gasteiger partial charge in [0.15, 0.2) is 0 Å². The van der Waals surface area contributed by atoms with Gasteiger partial charge in [-0.05, 0) is 82.4 Å². The number of unbranched alkanes of at least 4 members (excludes halogenated alkanes) is 2. The molecule has 5 heteroatoms. The van der Waals surface area contributed by atoms with Crippen LogP contribution in [0.1, 0.15) is 42.9 Å². The Kier molecular flexibility index (Phi) is 12.1. The molecule has 0 saturated heterocycles. The van der Waals surface area contributed by atoms with E-state index in [9.17, 15) is 0 Å². The Morgan fingerprint density at radius 3 is 2.39 bits per heavy atom. The Labute approximate surface area is 200 Å². The van der Waals surface area contributed by atoms with Crippen LogP contribution in [0.5, 0.6) is 11.5 Å². The van der Waals surface area contributed by atoms with E-state index in [0.717, 1.165) is 73.7 Å². The van der Waals surface area contributed by atoms with Crippen LogP contribution in [-0.2, 0) is 11.3 Å². The minimum Gasteiger partial charge on any atom is -0.493 e. The van der Waals surface area contributed by atoms with Crippen molar-refractivity contribution in [2.24, 2.45) is 5.16 Å². The predicted octanol–water partition coefficient (Wildman–Crippen LogP) is 5.98. The molecule has 0 aliphatic carbocycles. The molecule has 0 N–H and O–H groups in total. The standard InChI is InChI=1S/C28H40N2O3/c1-6-7-17-32-27-19-23(2)28(24(3)20-27)33-18-13-9-12-16-30(4)22-26(29-31-5)21-25-14-10-8-11-15-25/h6-8,10-11,14-15,19-20H,9,12-13,16-18,21-22H2,1-5H3/b7-6+,29-26?.